The molecule has 81 heavy (non-hydrogen) atoms. The van der Waals surface area contributed by atoms with Crippen LogP contribution in [0, 0.1) is 0 Å². The number of amides is 4. The molecule has 5 atom stereocenters. The first-order chi connectivity index (χ1) is 38.9. The number of aliphatic hydroxyl groups is 8. The van der Waals surface area contributed by atoms with Gasteiger partial charge in [-0.25, -0.2) is 4.79 Å². The lowest BCUT2D eigenvalue weighted by Crippen LogP contribution is -2.59. The quantitative estimate of drug-likeness (QED) is 0.0241. The van der Waals surface area contributed by atoms with Crippen LogP contribution >= 0.6 is 0 Å². The summed E-state index contributed by atoms with van der Waals surface area (Å²) in [6.07, 6.45) is 21.5. The SMILES string of the molecule is CCCCCCCCCCCCCCCCOC(=O)CC[C@H](NC(=O)CCC(=O)N(CCCNC(=O)C1(O)C[C@@H](O)C(O)[C@H](O)C1)CCCNC(=O)C1(O)C[C@@H](O)C(O)[C@H](O)C1)C(=O)OCCCCCCCCCCCCCCCC. The maximum absolute atomic E-state index is 13.8. The summed E-state index contributed by atoms with van der Waals surface area (Å²) in [6, 6.07) is -1.18. The lowest BCUT2D eigenvalue weighted by Gasteiger charge is -2.39. The zero-order chi connectivity index (χ0) is 59.7. The molecule has 0 aromatic rings. The molecule has 0 radical (unpaired) electrons. The fourth-order valence-corrected chi connectivity index (χ4v) is 10.8. The maximum Gasteiger partial charge on any atom is 0.328 e. The van der Waals surface area contributed by atoms with Gasteiger partial charge in [0.15, 0.2) is 0 Å². The number of ether oxygens (including phenoxy) is 2. The van der Waals surface area contributed by atoms with Crippen molar-refractivity contribution in [1.82, 2.24) is 20.9 Å². The third kappa shape index (κ3) is 32.4. The Hall–Kier alpha value is -3.50. The summed E-state index contributed by atoms with van der Waals surface area (Å²) >= 11 is 0. The van der Waals surface area contributed by atoms with E-state index in [9.17, 15) is 69.6 Å². The first kappa shape index (κ1) is 73.6. The van der Waals surface area contributed by atoms with Crippen molar-refractivity contribution in [3.05, 3.63) is 0 Å². The molecule has 20 nitrogen and oxygen atoms in total. The standard InChI is InChI=1S/C61H112N4O16/c1-3-5-7-9-11-13-15-17-19-21-23-25-27-29-41-80-54(72)36-33-47(57(75)81-42-30-28-26-24-22-20-18-16-14-12-10-8-6-4-2)64-52(70)34-35-53(71)65(39-31-37-62-58(76)60(78)43-48(66)55(73)49(67)44-60)40-32-38-63-59(77)61(79)45-50(68)56(74)51(69)46-61/h47-51,55-56,66-69,73-74,78-79H,3-46H2,1-2H3,(H,62,76)(H,63,77)(H,64,70)/t47-,48+,49+,50+,51+,55?,56?,60?,61?/m0/s1. The van der Waals surface area contributed by atoms with Gasteiger partial charge in [-0.05, 0) is 32.1 Å². The van der Waals surface area contributed by atoms with E-state index in [1.54, 1.807) is 0 Å². The molecule has 0 aliphatic heterocycles. The van der Waals surface area contributed by atoms with E-state index < -0.39 is 115 Å². The number of hydrogen-bond acceptors (Lipinski definition) is 16. The molecule has 2 rings (SSSR count). The van der Waals surface area contributed by atoms with Crippen LogP contribution in [0.2, 0.25) is 0 Å². The Balaban J connectivity index is 1.96. The summed E-state index contributed by atoms with van der Waals surface area (Å²) in [5, 5.41) is 89.6. The van der Waals surface area contributed by atoms with Crippen LogP contribution in [0.25, 0.3) is 0 Å². The molecule has 0 spiro atoms. The molecular formula is C61H112N4O16. The second-order valence-electron chi connectivity index (χ2n) is 23.5. The van der Waals surface area contributed by atoms with Gasteiger partial charge >= 0.3 is 11.9 Å². The minimum atomic E-state index is -2.16. The molecule has 4 amide bonds. The average Bonchev–Trinajstić information content (AvgIpc) is 3.50. The van der Waals surface area contributed by atoms with Crippen molar-refractivity contribution in [3.8, 4) is 0 Å². The molecule has 0 aromatic heterocycles. The number of nitrogens with zero attached hydrogens (tertiary/aromatic N) is 1. The number of aliphatic hydroxyl groups excluding tert-OH is 6. The minimum absolute atomic E-state index is 0.0208. The highest BCUT2D eigenvalue weighted by molar-refractivity contribution is 5.88. The Labute approximate surface area is 485 Å². The van der Waals surface area contributed by atoms with Crippen LogP contribution in [0.1, 0.15) is 258 Å². The van der Waals surface area contributed by atoms with E-state index >= 15 is 0 Å². The molecule has 0 heterocycles. The summed E-state index contributed by atoms with van der Waals surface area (Å²) < 4.78 is 11.1. The van der Waals surface area contributed by atoms with Crippen LogP contribution in [-0.2, 0) is 38.2 Å². The van der Waals surface area contributed by atoms with Crippen molar-refractivity contribution in [3.63, 3.8) is 0 Å². The highest BCUT2D eigenvalue weighted by Gasteiger charge is 2.49. The largest absolute Gasteiger partial charge is 0.466 e. The first-order valence-electron chi connectivity index (χ1n) is 31.9. The molecule has 0 bridgehead atoms. The van der Waals surface area contributed by atoms with Gasteiger partial charge in [-0.3, -0.25) is 24.0 Å². The van der Waals surface area contributed by atoms with Crippen molar-refractivity contribution < 1.29 is 79.1 Å². The van der Waals surface area contributed by atoms with Gasteiger partial charge < -0.3 is 71.2 Å². The molecule has 0 unspecified atom stereocenters. The molecule has 2 aliphatic rings. The van der Waals surface area contributed by atoms with Crippen LogP contribution in [0.15, 0.2) is 0 Å². The second-order valence-corrected chi connectivity index (χ2v) is 23.5. The van der Waals surface area contributed by atoms with E-state index in [2.05, 4.69) is 29.8 Å². The van der Waals surface area contributed by atoms with E-state index in [-0.39, 0.29) is 77.9 Å². The molecule has 2 fully saturated rings. The monoisotopic (exact) mass is 1160 g/mol. The molecular weight excluding hydrogens is 1040 g/mol. The van der Waals surface area contributed by atoms with Gasteiger partial charge in [-0.1, -0.05) is 181 Å². The van der Waals surface area contributed by atoms with Gasteiger partial charge in [-0.15, -0.1) is 0 Å². The topological polar surface area (TPSA) is 322 Å². The number of rotatable bonds is 48. The number of unbranched alkanes of at least 4 members (excludes halogenated alkanes) is 26. The summed E-state index contributed by atoms with van der Waals surface area (Å²) in [7, 11) is 0. The predicted octanol–water partition coefficient (Wildman–Crippen LogP) is 6.14. The lowest BCUT2D eigenvalue weighted by atomic mass is 9.79. The highest BCUT2D eigenvalue weighted by atomic mass is 16.5. The van der Waals surface area contributed by atoms with Gasteiger partial charge in [-0.2, -0.15) is 0 Å². The number of esters is 2. The van der Waals surface area contributed by atoms with Crippen LogP contribution in [-0.4, -0.2) is 175 Å². The van der Waals surface area contributed by atoms with Crippen LogP contribution in [0.4, 0.5) is 0 Å². The minimum Gasteiger partial charge on any atom is -0.466 e. The number of hydrogen-bond donors (Lipinski definition) is 11. The Bertz CT molecular complexity index is 1650. The fourth-order valence-electron chi connectivity index (χ4n) is 10.8. The highest BCUT2D eigenvalue weighted by Crippen LogP contribution is 2.31. The van der Waals surface area contributed by atoms with Crippen molar-refractivity contribution in [2.45, 2.75) is 312 Å². The lowest BCUT2D eigenvalue weighted by molar-refractivity contribution is -0.172. The zero-order valence-corrected chi connectivity index (χ0v) is 49.9. The second kappa shape index (κ2) is 44.0. The van der Waals surface area contributed by atoms with Gasteiger partial charge in [0.05, 0.1) is 37.6 Å². The predicted molar refractivity (Wildman–Crippen MR) is 309 cm³/mol. The van der Waals surface area contributed by atoms with Crippen molar-refractivity contribution >= 4 is 35.6 Å². The summed E-state index contributed by atoms with van der Waals surface area (Å²) in [5.74, 6) is -4.10. The number of carbonyl (C=O) groups is 6. The van der Waals surface area contributed by atoms with Gasteiger partial charge in [0.2, 0.25) is 11.8 Å². The Kier molecular flexibility index (Phi) is 40.0. The Morgan fingerprint density at radius 2 is 0.790 bits per heavy atom. The molecule has 0 aromatic carbocycles. The average molecular weight is 1160 g/mol. The van der Waals surface area contributed by atoms with Crippen molar-refractivity contribution in [2.75, 3.05) is 39.4 Å². The summed E-state index contributed by atoms with van der Waals surface area (Å²) in [6.45, 7) is 4.80. The molecule has 2 saturated carbocycles. The molecule has 2 aliphatic carbocycles. The van der Waals surface area contributed by atoms with E-state index in [0.717, 1.165) is 44.9 Å². The first-order valence-corrected chi connectivity index (χ1v) is 31.9. The Morgan fingerprint density at radius 3 is 1.15 bits per heavy atom. The molecule has 472 valence electrons. The number of carbonyl (C=O) groups excluding carboxylic acids is 6. The normalized spacial score (nSPS) is 23.1. The summed E-state index contributed by atoms with van der Waals surface area (Å²) in [5.41, 5.74) is -4.32. The van der Waals surface area contributed by atoms with E-state index in [0.29, 0.717) is 6.42 Å². The summed E-state index contributed by atoms with van der Waals surface area (Å²) in [4.78, 5) is 80.9. The van der Waals surface area contributed by atoms with Crippen LogP contribution in [0.5, 0.6) is 0 Å². The van der Waals surface area contributed by atoms with E-state index in [1.165, 1.54) is 133 Å². The van der Waals surface area contributed by atoms with Crippen LogP contribution in [0.3, 0.4) is 0 Å². The van der Waals surface area contributed by atoms with E-state index in [1.807, 2.05) is 0 Å². The van der Waals surface area contributed by atoms with Gasteiger partial charge in [0, 0.05) is 71.1 Å². The van der Waals surface area contributed by atoms with E-state index in [4.69, 9.17) is 9.47 Å². The third-order valence-electron chi connectivity index (χ3n) is 16.1. The molecule has 0 saturated heterocycles. The fraction of sp³-hybridized carbons (Fsp3) is 0.902. The smallest absolute Gasteiger partial charge is 0.328 e. The maximum atomic E-state index is 13.8. The van der Waals surface area contributed by atoms with Crippen molar-refractivity contribution in [2.24, 2.45) is 0 Å². The Morgan fingerprint density at radius 1 is 0.457 bits per heavy atom. The van der Waals surface area contributed by atoms with Gasteiger partial charge in [0.25, 0.3) is 11.8 Å². The molecule has 11 N–H and O–H groups in total. The molecule has 20 heteroatoms. The van der Waals surface area contributed by atoms with Crippen molar-refractivity contribution in [1.29, 1.82) is 0 Å². The third-order valence-corrected chi connectivity index (χ3v) is 16.1. The zero-order valence-electron chi connectivity index (χ0n) is 49.9. The van der Waals surface area contributed by atoms with Gasteiger partial charge in [0.1, 0.15) is 29.5 Å². The number of nitrogens with one attached hydrogen (secondary N) is 3. The van der Waals surface area contributed by atoms with Crippen LogP contribution < -0.4 is 16.0 Å².